The van der Waals surface area contributed by atoms with Gasteiger partial charge in [0.15, 0.2) is 5.82 Å². The summed E-state index contributed by atoms with van der Waals surface area (Å²) in [5, 5.41) is 5.88. The molecule has 0 aromatic carbocycles. The molecule has 0 bridgehead atoms. The number of nitrogens with one attached hydrogen (secondary N) is 2. The molecular weight excluding hydrogens is 324 g/mol. The number of hydrogen-bond donors (Lipinski definition) is 2. The highest BCUT2D eigenvalue weighted by Crippen LogP contribution is 2.17. The number of thiazole rings is 1. The summed E-state index contributed by atoms with van der Waals surface area (Å²) in [7, 11) is 1.79. The summed E-state index contributed by atoms with van der Waals surface area (Å²) in [5.74, 6) is 1.10. The number of hydrogen-bond acceptors (Lipinski definition) is 7. The number of nitrogens with zero attached hydrogens (tertiary/aromatic N) is 4. The fourth-order valence-electron chi connectivity index (χ4n) is 2.11. The van der Waals surface area contributed by atoms with E-state index >= 15 is 0 Å². The van der Waals surface area contributed by atoms with Crippen molar-refractivity contribution in [3.63, 3.8) is 0 Å². The van der Waals surface area contributed by atoms with Gasteiger partial charge in [-0.2, -0.15) is 0 Å². The summed E-state index contributed by atoms with van der Waals surface area (Å²) in [6.07, 6.45) is 3.40. The summed E-state index contributed by atoms with van der Waals surface area (Å²) < 4.78 is 0. The van der Waals surface area contributed by atoms with E-state index in [9.17, 15) is 4.79 Å². The Hall–Kier alpha value is -2.87. The predicted octanol–water partition coefficient (Wildman–Crippen LogP) is 2.28. The largest absolute Gasteiger partial charge is 0.373 e. The summed E-state index contributed by atoms with van der Waals surface area (Å²) in [5.41, 5.74) is 3.92. The average molecular weight is 340 g/mol. The molecule has 7 nitrogen and oxygen atoms in total. The van der Waals surface area contributed by atoms with Crippen LogP contribution in [-0.2, 0) is 6.54 Å². The van der Waals surface area contributed by atoms with Gasteiger partial charge in [0, 0.05) is 31.1 Å². The molecule has 0 unspecified atom stereocenters. The fraction of sp³-hybridized carbons (Fsp3) is 0.188. The van der Waals surface area contributed by atoms with E-state index in [0.717, 1.165) is 11.3 Å². The van der Waals surface area contributed by atoms with Crippen molar-refractivity contribution in [3.05, 3.63) is 52.4 Å². The van der Waals surface area contributed by atoms with Crippen molar-refractivity contribution in [3.8, 4) is 11.4 Å². The molecule has 0 saturated carbocycles. The van der Waals surface area contributed by atoms with Gasteiger partial charge in [0.25, 0.3) is 5.91 Å². The summed E-state index contributed by atoms with van der Waals surface area (Å²) in [4.78, 5) is 29.9. The molecule has 0 aliphatic carbocycles. The molecule has 2 N–H and O–H groups in total. The zero-order valence-electron chi connectivity index (χ0n) is 13.3. The normalized spacial score (nSPS) is 10.4. The molecule has 122 valence electrons. The van der Waals surface area contributed by atoms with Crippen LogP contribution >= 0.6 is 11.3 Å². The lowest BCUT2D eigenvalue weighted by Crippen LogP contribution is -2.23. The number of anilines is 1. The molecule has 3 aromatic heterocycles. The highest BCUT2D eigenvalue weighted by atomic mass is 32.1. The second-order valence-corrected chi connectivity index (χ2v) is 5.86. The van der Waals surface area contributed by atoms with Gasteiger partial charge in [-0.1, -0.05) is 0 Å². The Morgan fingerprint density at radius 2 is 2.21 bits per heavy atom. The van der Waals surface area contributed by atoms with E-state index in [0.29, 0.717) is 28.8 Å². The topological polar surface area (TPSA) is 92.7 Å². The number of rotatable bonds is 5. The van der Waals surface area contributed by atoms with Gasteiger partial charge in [0.2, 0.25) is 0 Å². The summed E-state index contributed by atoms with van der Waals surface area (Å²) in [6, 6.07) is 5.53. The van der Waals surface area contributed by atoms with Gasteiger partial charge < -0.3 is 10.6 Å². The van der Waals surface area contributed by atoms with Crippen LogP contribution in [0, 0.1) is 6.92 Å². The van der Waals surface area contributed by atoms with Crippen LogP contribution in [0.15, 0.2) is 36.1 Å². The lowest BCUT2D eigenvalue weighted by Gasteiger charge is -2.09. The number of carbonyl (C=O) groups is 1. The monoisotopic (exact) mass is 340 g/mol. The minimum Gasteiger partial charge on any atom is -0.373 e. The maximum absolute atomic E-state index is 12.2. The molecule has 0 fully saturated rings. The molecule has 0 aliphatic rings. The van der Waals surface area contributed by atoms with Gasteiger partial charge in [-0.25, -0.2) is 15.0 Å². The number of aromatic nitrogens is 4. The van der Waals surface area contributed by atoms with Crippen LogP contribution in [0.4, 0.5) is 5.82 Å². The quantitative estimate of drug-likeness (QED) is 0.740. The summed E-state index contributed by atoms with van der Waals surface area (Å²) >= 11 is 1.32. The van der Waals surface area contributed by atoms with Crippen LogP contribution in [0.1, 0.15) is 21.1 Å². The zero-order valence-corrected chi connectivity index (χ0v) is 14.1. The second kappa shape index (κ2) is 7.14. The molecule has 3 aromatic rings. The molecule has 0 aliphatic heterocycles. The van der Waals surface area contributed by atoms with Crippen molar-refractivity contribution in [1.82, 2.24) is 25.3 Å². The van der Waals surface area contributed by atoms with Gasteiger partial charge in [0.05, 0.1) is 23.4 Å². The van der Waals surface area contributed by atoms with Gasteiger partial charge >= 0.3 is 0 Å². The standard InChI is InChI=1S/C16H16N6OS/c1-10-14(24-9-20-10)16(23)19-8-12-6-13(17-2)22-15(21-12)11-4-3-5-18-7-11/h3-7,9H,8H2,1-2H3,(H,19,23)(H,17,21,22). The molecular formula is C16H16N6OS. The van der Waals surface area contributed by atoms with Crippen LogP contribution in [0.5, 0.6) is 0 Å². The van der Waals surface area contributed by atoms with Crippen LogP contribution < -0.4 is 10.6 Å². The highest BCUT2D eigenvalue weighted by molar-refractivity contribution is 7.11. The lowest BCUT2D eigenvalue weighted by atomic mass is 10.2. The van der Waals surface area contributed by atoms with E-state index in [4.69, 9.17) is 0 Å². The first-order chi connectivity index (χ1) is 11.7. The third-order valence-electron chi connectivity index (χ3n) is 3.34. The van der Waals surface area contributed by atoms with E-state index in [2.05, 4.69) is 30.6 Å². The van der Waals surface area contributed by atoms with E-state index in [1.54, 1.807) is 31.0 Å². The molecule has 0 saturated heterocycles. The predicted molar refractivity (Wildman–Crippen MR) is 92.8 cm³/mol. The van der Waals surface area contributed by atoms with Gasteiger partial charge in [-0.3, -0.25) is 9.78 Å². The third kappa shape index (κ3) is 3.54. The Morgan fingerprint density at radius 3 is 2.88 bits per heavy atom. The van der Waals surface area contributed by atoms with Crippen molar-refractivity contribution < 1.29 is 4.79 Å². The first-order valence-corrected chi connectivity index (χ1v) is 8.19. The van der Waals surface area contributed by atoms with Crippen molar-refractivity contribution in [2.45, 2.75) is 13.5 Å². The fourth-order valence-corrected chi connectivity index (χ4v) is 2.83. The second-order valence-electron chi connectivity index (χ2n) is 5.01. The van der Waals surface area contributed by atoms with Crippen LogP contribution in [-0.4, -0.2) is 32.9 Å². The molecule has 24 heavy (non-hydrogen) atoms. The lowest BCUT2D eigenvalue weighted by molar-refractivity contribution is 0.0953. The third-order valence-corrected chi connectivity index (χ3v) is 4.26. The minimum absolute atomic E-state index is 0.150. The maximum Gasteiger partial charge on any atom is 0.263 e. The first-order valence-electron chi connectivity index (χ1n) is 7.32. The van der Waals surface area contributed by atoms with Gasteiger partial charge in [-0.15, -0.1) is 11.3 Å². The number of aryl methyl sites for hydroxylation is 1. The van der Waals surface area contributed by atoms with E-state index in [1.807, 2.05) is 19.1 Å². The first kappa shape index (κ1) is 16.0. The van der Waals surface area contributed by atoms with E-state index < -0.39 is 0 Å². The Kier molecular flexibility index (Phi) is 4.76. The van der Waals surface area contributed by atoms with Crippen molar-refractivity contribution in [2.24, 2.45) is 0 Å². The maximum atomic E-state index is 12.2. The summed E-state index contributed by atoms with van der Waals surface area (Å²) in [6.45, 7) is 2.12. The van der Waals surface area contributed by atoms with Crippen molar-refractivity contribution in [2.75, 3.05) is 12.4 Å². The SMILES string of the molecule is CNc1cc(CNC(=O)c2scnc2C)nc(-c2cccnc2)n1. The highest BCUT2D eigenvalue weighted by Gasteiger charge is 2.12. The number of pyridine rings is 1. The van der Waals surface area contributed by atoms with Gasteiger partial charge in [0.1, 0.15) is 10.7 Å². The van der Waals surface area contributed by atoms with Crippen LogP contribution in [0.3, 0.4) is 0 Å². The molecule has 0 radical (unpaired) electrons. The molecule has 8 heteroatoms. The Labute approximate surface area is 143 Å². The van der Waals surface area contributed by atoms with Crippen molar-refractivity contribution in [1.29, 1.82) is 0 Å². The molecule has 3 rings (SSSR count). The molecule has 1 amide bonds. The van der Waals surface area contributed by atoms with Gasteiger partial charge in [-0.05, 0) is 19.1 Å². The van der Waals surface area contributed by atoms with E-state index in [-0.39, 0.29) is 5.91 Å². The molecule has 0 atom stereocenters. The minimum atomic E-state index is -0.150. The Balaban J connectivity index is 1.80. The van der Waals surface area contributed by atoms with Crippen molar-refractivity contribution >= 4 is 23.1 Å². The zero-order chi connectivity index (χ0) is 16.9. The Morgan fingerprint density at radius 1 is 1.33 bits per heavy atom. The van der Waals surface area contributed by atoms with Crippen LogP contribution in [0.2, 0.25) is 0 Å². The smallest absolute Gasteiger partial charge is 0.263 e. The number of amides is 1. The molecule has 0 spiro atoms. The molecule has 3 heterocycles. The average Bonchev–Trinajstić information content (AvgIpc) is 3.06. The van der Waals surface area contributed by atoms with Crippen LogP contribution in [0.25, 0.3) is 11.4 Å². The Bertz CT molecular complexity index is 849. The number of carbonyl (C=O) groups excluding carboxylic acids is 1. The van der Waals surface area contributed by atoms with E-state index in [1.165, 1.54) is 11.3 Å².